The molecule has 0 aromatic heterocycles. The number of allylic oxidation sites excluding steroid dienone is 6. The first-order valence-corrected chi connectivity index (χ1v) is 10.5. The first-order chi connectivity index (χ1) is 13.4. The van der Waals surface area contributed by atoms with Crippen molar-refractivity contribution in [3.63, 3.8) is 0 Å². The lowest BCUT2D eigenvalue weighted by Gasteiger charge is -2.28. The average molecular weight is 391 g/mol. The Bertz CT molecular complexity index is 557. The number of hydrogen-bond acceptors (Lipinski definition) is 3. The van der Waals surface area contributed by atoms with Gasteiger partial charge in [-0.2, -0.15) is 0 Å². The van der Waals surface area contributed by atoms with Gasteiger partial charge in [-0.3, -0.25) is 0 Å². The molecule has 0 saturated heterocycles. The zero-order chi connectivity index (χ0) is 21.3. The predicted molar refractivity (Wildman–Crippen MR) is 116 cm³/mol. The number of carbonyl (C=O) groups is 2. The Morgan fingerprint density at radius 2 is 1.50 bits per heavy atom. The second-order valence-electron chi connectivity index (χ2n) is 7.07. The Balaban J connectivity index is 4.04. The van der Waals surface area contributed by atoms with E-state index in [9.17, 15) is 14.7 Å². The van der Waals surface area contributed by atoms with Crippen molar-refractivity contribution in [2.45, 2.75) is 90.6 Å². The number of carbonyl (C=O) groups excluding carboxylic acids is 1. The second kappa shape index (κ2) is 15.9. The number of rotatable bonds is 16. The number of carboxylic acids is 1. The number of hydrogen-bond donors (Lipinski definition) is 1. The van der Waals surface area contributed by atoms with Crippen LogP contribution in [-0.4, -0.2) is 22.6 Å². The molecule has 1 unspecified atom stereocenters. The first kappa shape index (κ1) is 25.9. The van der Waals surface area contributed by atoms with Gasteiger partial charge < -0.3 is 9.84 Å². The summed E-state index contributed by atoms with van der Waals surface area (Å²) in [6, 6.07) is 0. The van der Waals surface area contributed by atoms with Crippen LogP contribution in [0.2, 0.25) is 0 Å². The van der Waals surface area contributed by atoms with Crippen LogP contribution in [0.1, 0.15) is 85.0 Å². The first-order valence-electron chi connectivity index (χ1n) is 10.5. The molecule has 0 rings (SSSR count). The Morgan fingerprint density at radius 3 is 2.04 bits per heavy atom. The summed E-state index contributed by atoms with van der Waals surface area (Å²) in [7, 11) is 0. The Kier molecular flexibility index (Phi) is 14.7. The van der Waals surface area contributed by atoms with Gasteiger partial charge in [0, 0.05) is 5.57 Å². The summed E-state index contributed by atoms with van der Waals surface area (Å²) in [5.41, 5.74) is -1.22. The van der Waals surface area contributed by atoms with Gasteiger partial charge in [0.1, 0.15) is 0 Å². The third kappa shape index (κ3) is 11.6. The highest BCUT2D eigenvalue weighted by Crippen LogP contribution is 2.26. The van der Waals surface area contributed by atoms with Crippen molar-refractivity contribution in [1.82, 2.24) is 0 Å². The number of esters is 1. The third-order valence-corrected chi connectivity index (χ3v) is 4.58. The molecule has 4 nitrogen and oxygen atoms in total. The highest BCUT2D eigenvalue weighted by molar-refractivity contribution is 5.90. The van der Waals surface area contributed by atoms with E-state index >= 15 is 0 Å². The van der Waals surface area contributed by atoms with E-state index in [1.165, 1.54) is 6.92 Å². The number of unbranched alkanes of at least 4 members (excludes halogenated alkanes) is 4. The third-order valence-electron chi connectivity index (χ3n) is 4.58. The molecule has 0 aromatic carbocycles. The fraction of sp³-hybridized carbons (Fsp3) is 0.583. The Morgan fingerprint density at radius 1 is 0.929 bits per heavy atom. The van der Waals surface area contributed by atoms with E-state index in [-0.39, 0.29) is 12.0 Å². The zero-order valence-electron chi connectivity index (χ0n) is 17.9. The van der Waals surface area contributed by atoms with Gasteiger partial charge in [-0.15, -0.1) is 0 Å². The van der Waals surface area contributed by atoms with E-state index in [0.29, 0.717) is 6.42 Å². The lowest BCUT2D eigenvalue weighted by Crippen LogP contribution is -2.43. The summed E-state index contributed by atoms with van der Waals surface area (Å²) in [5, 5.41) is 9.53. The molecule has 0 bridgehead atoms. The molecule has 158 valence electrons. The summed E-state index contributed by atoms with van der Waals surface area (Å²) < 4.78 is 5.26. The van der Waals surface area contributed by atoms with Gasteiger partial charge in [-0.05, 0) is 58.3 Å². The summed E-state index contributed by atoms with van der Waals surface area (Å²) in [6.07, 6.45) is 21.5. The second-order valence-corrected chi connectivity index (χ2v) is 7.07. The van der Waals surface area contributed by atoms with Gasteiger partial charge in [0.15, 0.2) is 0 Å². The van der Waals surface area contributed by atoms with Crippen LogP contribution in [0.15, 0.2) is 48.6 Å². The highest BCUT2D eigenvalue weighted by atomic mass is 16.6. The maximum atomic E-state index is 11.8. The van der Waals surface area contributed by atoms with Crippen molar-refractivity contribution in [2.24, 2.45) is 0 Å². The van der Waals surface area contributed by atoms with Crippen LogP contribution in [0.25, 0.3) is 0 Å². The predicted octanol–water partition coefficient (Wildman–Crippen LogP) is 6.54. The number of ether oxygens (including phenoxy) is 1. The monoisotopic (exact) mass is 390 g/mol. The van der Waals surface area contributed by atoms with Gasteiger partial charge in [0.05, 0.1) is 0 Å². The lowest BCUT2D eigenvalue weighted by atomic mass is 9.92. The molecule has 0 aromatic rings. The SMILES string of the molecule is C=C(C)C(=O)OC(CC)(CCCCCC/C=C\C/C=C\C/C=C\CC)C(=O)O. The minimum atomic E-state index is -1.44. The maximum absolute atomic E-state index is 11.8. The standard InChI is InChI=1S/C24H38O4/c1-5-7-8-9-10-11-12-13-14-15-16-17-18-19-20-24(6-2,23(26)27)28-22(25)21(3)4/h7-8,10-11,13-14H,3,5-6,9,12,15-20H2,1-2,4H3,(H,26,27)/b8-7-,11-10-,14-13-. The van der Waals surface area contributed by atoms with Gasteiger partial charge in [0.25, 0.3) is 0 Å². The molecule has 0 radical (unpaired) electrons. The molecule has 0 aliphatic carbocycles. The molecule has 0 saturated carbocycles. The van der Waals surface area contributed by atoms with Gasteiger partial charge >= 0.3 is 11.9 Å². The Labute approximate surface area is 171 Å². The highest BCUT2D eigenvalue weighted by Gasteiger charge is 2.40. The van der Waals surface area contributed by atoms with Crippen molar-refractivity contribution in [1.29, 1.82) is 0 Å². The summed E-state index contributed by atoms with van der Waals surface area (Å²) in [4.78, 5) is 23.4. The molecule has 1 atom stereocenters. The van der Waals surface area contributed by atoms with Crippen LogP contribution in [0.4, 0.5) is 0 Å². The molecule has 0 heterocycles. The zero-order valence-corrected chi connectivity index (χ0v) is 17.9. The van der Waals surface area contributed by atoms with E-state index in [1.54, 1.807) is 6.92 Å². The molecular weight excluding hydrogens is 352 g/mol. The topological polar surface area (TPSA) is 63.6 Å². The van der Waals surface area contributed by atoms with E-state index in [4.69, 9.17) is 4.74 Å². The number of aliphatic carboxylic acids is 1. The molecule has 0 aliphatic heterocycles. The normalized spacial score (nSPS) is 14.0. The minimum absolute atomic E-state index is 0.220. The van der Waals surface area contributed by atoms with E-state index in [2.05, 4.69) is 50.0 Å². The summed E-state index contributed by atoms with van der Waals surface area (Å²) >= 11 is 0. The summed E-state index contributed by atoms with van der Waals surface area (Å²) in [5.74, 6) is -1.71. The molecule has 4 heteroatoms. The fourth-order valence-corrected chi connectivity index (χ4v) is 2.72. The molecule has 0 fully saturated rings. The van der Waals surface area contributed by atoms with E-state index in [1.807, 2.05) is 0 Å². The van der Waals surface area contributed by atoms with Crippen molar-refractivity contribution < 1.29 is 19.4 Å². The molecule has 1 N–H and O–H groups in total. The van der Waals surface area contributed by atoms with E-state index < -0.39 is 17.5 Å². The quantitative estimate of drug-likeness (QED) is 0.141. The molecule has 0 spiro atoms. The number of carboxylic acid groups (broad SMARTS) is 1. The Hall–Kier alpha value is -2.10. The smallest absolute Gasteiger partial charge is 0.348 e. The van der Waals surface area contributed by atoms with Crippen LogP contribution < -0.4 is 0 Å². The van der Waals surface area contributed by atoms with Crippen LogP contribution in [0, 0.1) is 0 Å². The molecular formula is C24H38O4. The van der Waals surface area contributed by atoms with Crippen molar-refractivity contribution in [3.8, 4) is 0 Å². The van der Waals surface area contributed by atoms with Crippen molar-refractivity contribution >= 4 is 11.9 Å². The maximum Gasteiger partial charge on any atom is 0.348 e. The van der Waals surface area contributed by atoms with Gasteiger partial charge in [0.2, 0.25) is 5.60 Å². The van der Waals surface area contributed by atoms with Crippen molar-refractivity contribution in [2.75, 3.05) is 0 Å². The van der Waals surface area contributed by atoms with Crippen LogP contribution in [0.3, 0.4) is 0 Å². The fourth-order valence-electron chi connectivity index (χ4n) is 2.72. The van der Waals surface area contributed by atoms with Gasteiger partial charge in [-0.1, -0.05) is 69.7 Å². The van der Waals surface area contributed by atoms with Crippen LogP contribution in [-0.2, 0) is 14.3 Å². The van der Waals surface area contributed by atoms with Gasteiger partial charge in [-0.25, -0.2) is 9.59 Å². The van der Waals surface area contributed by atoms with Crippen LogP contribution >= 0.6 is 0 Å². The molecule has 0 aliphatic rings. The largest absolute Gasteiger partial charge is 0.478 e. The molecule has 28 heavy (non-hydrogen) atoms. The lowest BCUT2D eigenvalue weighted by molar-refractivity contribution is -0.177. The summed E-state index contributed by atoms with van der Waals surface area (Å²) in [6.45, 7) is 8.92. The van der Waals surface area contributed by atoms with E-state index in [0.717, 1.165) is 51.4 Å². The average Bonchev–Trinajstić information content (AvgIpc) is 2.66. The van der Waals surface area contributed by atoms with Crippen molar-refractivity contribution in [3.05, 3.63) is 48.6 Å². The van der Waals surface area contributed by atoms with Crippen LogP contribution in [0.5, 0.6) is 0 Å². The minimum Gasteiger partial charge on any atom is -0.478 e. The molecule has 0 amide bonds.